The van der Waals surface area contributed by atoms with Gasteiger partial charge in [-0.3, -0.25) is 4.79 Å². The highest BCUT2D eigenvalue weighted by Gasteiger charge is 2.25. The number of methoxy groups -OCH3 is 2. The lowest BCUT2D eigenvalue weighted by atomic mass is 9.91. The first-order valence-electron chi connectivity index (χ1n) is 8.55. The maximum atomic E-state index is 11.6. The Labute approximate surface area is 163 Å². The van der Waals surface area contributed by atoms with Crippen LogP contribution in [0.15, 0.2) is 29.3 Å². The van der Waals surface area contributed by atoms with Crippen molar-refractivity contribution in [1.29, 1.82) is 5.26 Å². The number of hydrogen-bond acceptors (Lipinski definition) is 7. The third kappa shape index (κ3) is 4.07. The Balaban J connectivity index is 2.18. The smallest absolute Gasteiger partial charge is 0.316 e. The molecule has 3 rings (SSSR count). The number of aromatic nitrogens is 1. The lowest BCUT2D eigenvalue weighted by Gasteiger charge is -2.28. The van der Waals surface area contributed by atoms with E-state index in [1.807, 2.05) is 24.3 Å². The zero-order valence-electron chi connectivity index (χ0n) is 15.6. The van der Waals surface area contributed by atoms with Crippen molar-refractivity contribution in [3.63, 3.8) is 0 Å². The summed E-state index contributed by atoms with van der Waals surface area (Å²) in [7, 11) is 5.04. The van der Waals surface area contributed by atoms with Gasteiger partial charge in [-0.15, -0.1) is 0 Å². The van der Waals surface area contributed by atoms with Gasteiger partial charge in [0, 0.05) is 30.8 Å². The minimum absolute atomic E-state index is 0.119. The molecule has 140 valence electrons. The van der Waals surface area contributed by atoms with Crippen molar-refractivity contribution >= 4 is 17.7 Å². The van der Waals surface area contributed by atoms with E-state index in [-0.39, 0.29) is 11.7 Å². The second kappa shape index (κ2) is 8.42. The van der Waals surface area contributed by atoms with Crippen molar-refractivity contribution in [3.8, 4) is 22.9 Å². The lowest BCUT2D eigenvalue weighted by molar-refractivity contribution is -0.137. The summed E-state index contributed by atoms with van der Waals surface area (Å²) >= 11 is 1.24. The van der Waals surface area contributed by atoms with Crippen LogP contribution in [0.1, 0.15) is 16.8 Å². The normalized spacial score (nSPS) is 13.6. The fourth-order valence-corrected chi connectivity index (χ4v) is 4.00. The zero-order chi connectivity index (χ0) is 19.4. The molecule has 6 nitrogen and oxygen atoms in total. The van der Waals surface area contributed by atoms with Crippen LogP contribution >= 0.6 is 11.8 Å². The molecule has 1 aliphatic rings. The highest BCUT2D eigenvalue weighted by Crippen LogP contribution is 2.38. The number of likely N-dealkylation sites (N-methyl/N-ethyl adjacent to an activating group) is 1. The molecule has 0 fully saturated rings. The summed E-state index contributed by atoms with van der Waals surface area (Å²) < 4.78 is 10.1. The molecule has 1 aliphatic heterocycles. The number of carbonyl (C=O) groups is 1. The molecule has 1 aromatic carbocycles. The van der Waals surface area contributed by atoms with Crippen molar-refractivity contribution < 1.29 is 14.3 Å². The minimum atomic E-state index is -0.342. The first-order chi connectivity index (χ1) is 13.1. The van der Waals surface area contributed by atoms with Crippen LogP contribution in [-0.2, 0) is 22.5 Å². The molecule has 27 heavy (non-hydrogen) atoms. The second-order valence-electron chi connectivity index (χ2n) is 6.29. The van der Waals surface area contributed by atoms with Gasteiger partial charge < -0.3 is 14.4 Å². The highest BCUT2D eigenvalue weighted by atomic mass is 32.2. The Hall–Kier alpha value is -2.56. The summed E-state index contributed by atoms with van der Waals surface area (Å²) in [6.45, 7) is 1.63. The van der Waals surface area contributed by atoms with E-state index < -0.39 is 0 Å². The van der Waals surface area contributed by atoms with E-state index in [2.05, 4.69) is 18.0 Å². The Morgan fingerprint density at radius 3 is 2.93 bits per heavy atom. The molecule has 2 aromatic rings. The van der Waals surface area contributed by atoms with Crippen LogP contribution in [0.5, 0.6) is 5.75 Å². The molecule has 7 heteroatoms. The number of ether oxygens (including phenoxy) is 2. The van der Waals surface area contributed by atoms with Crippen molar-refractivity contribution in [3.05, 3.63) is 41.1 Å². The Kier molecular flexibility index (Phi) is 5.99. The molecule has 0 amide bonds. The predicted molar refractivity (Wildman–Crippen MR) is 104 cm³/mol. The number of nitriles is 1. The molecular formula is C20H21N3O3S. The average Bonchev–Trinajstić information content (AvgIpc) is 2.70. The van der Waals surface area contributed by atoms with Crippen molar-refractivity contribution in [1.82, 2.24) is 9.88 Å². The van der Waals surface area contributed by atoms with Gasteiger partial charge in [0.2, 0.25) is 0 Å². The van der Waals surface area contributed by atoms with Gasteiger partial charge in [-0.25, -0.2) is 4.98 Å². The van der Waals surface area contributed by atoms with Gasteiger partial charge in [0.15, 0.2) is 0 Å². The van der Waals surface area contributed by atoms with Crippen LogP contribution in [0.3, 0.4) is 0 Å². The SMILES string of the molecule is COC(=O)CSc1nc2c(c(-c3cccc(OC)c3)c1C#N)CN(C)CC2. The van der Waals surface area contributed by atoms with Gasteiger partial charge in [-0.05, 0) is 30.3 Å². The van der Waals surface area contributed by atoms with E-state index in [1.54, 1.807) is 7.11 Å². The summed E-state index contributed by atoms with van der Waals surface area (Å²) in [4.78, 5) is 18.5. The van der Waals surface area contributed by atoms with E-state index in [9.17, 15) is 10.1 Å². The number of fused-ring (bicyclic) bond motifs is 1. The third-order valence-electron chi connectivity index (χ3n) is 4.53. The number of rotatable bonds is 5. The van der Waals surface area contributed by atoms with Crippen molar-refractivity contribution in [2.45, 2.75) is 18.0 Å². The second-order valence-corrected chi connectivity index (χ2v) is 7.25. The highest BCUT2D eigenvalue weighted by molar-refractivity contribution is 7.99. The number of esters is 1. The fraction of sp³-hybridized carbons (Fsp3) is 0.350. The van der Waals surface area contributed by atoms with Crippen molar-refractivity contribution in [2.24, 2.45) is 0 Å². The number of nitrogens with zero attached hydrogens (tertiary/aromatic N) is 3. The number of thioether (sulfide) groups is 1. The summed E-state index contributed by atoms with van der Waals surface area (Å²) in [5.74, 6) is 0.509. The van der Waals surface area contributed by atoms with Crippen LogP contribution < -0.4 is 4.74 Å². The van der Waals surface area contributed by atoms with E-state index >= 15 is 0 Å². The van der Waals surface area contributed by atoms with Crippen LogP contribution in [0, 0.1) is 11.3 Å². The first kappa shape index (κ1) is 19.2. The number of benzene rings is 1. The lowest BCUT2D eigenvalue weighted by Crippen LogP contribution is -2.28. The molecular weight excluding hydrogens is 362 g/mol. The Morgan fingerprint density at radius 2 is 2.22 bits per heavy atom. The van der Waals surface area contributed by atoms with Crippen LogP contribution in [0.4, 0.5) is 0 Å². The molecule has 0 aliphatic carbocycles. The largest absolute Gasteiger partial charge is 0.497 e. The zero-order valence-corrected chi connectivity index (χ0v) is 16.4. The quantitative estimate of drug-likeness (QED) is 0.580. The minimum Gasteiger partial charge on any atom is -0.497 e. The number of hydrogen-bond donors (Lipinski definition) is 0. The maximum Gasteiger partial charge on any atom is 0.316 e. The molecule has 0 spiro atoms. The number of pyridine rings is 1. The van der Waals surface area contributed by atoms with E-state index in [4.69, 9.17) is 14.5 Å². The number of carbonyl (C=O) groups excluding carboxylic acids is 1. The standard InChI is InChI=1S/C20H21N3O3S/c1-23-8-7-17-16(11-23)19(13-5-4-6-14(9-13)25-2)15(10-21)20(22-17)27-12-18(24)26-3/h4-6,9H,7-8,11-12H2,1-3H3. The molecule has 0 radical (unpaired) electrons. The van der Waals surface area contributed by atoms with Crippen LogP contribution in [-0.4, -0.2) is 49.4 Å². The molecule has 0 N–H and O–H groups in total. The van der Waals surface area contributed by atoms with Gasteiger partial charge in [0.25, 0.3) is 0 Å². The molecule has 2 heterocycles. The van der Waals surface area contributed by atoms with Crippen molar-refractivity contribution in [2.75, 3.05) is 33.6 Å². The van der Waals surface area contributed by atoms with Gasteiger partial charge in [-0.2, -0.15) is 5.26 Å². The summed E-state index contributed by atoms with van der Waals surface area (Å²) in [5.41, 5.74) is 4.33. The van der Waals surface area contributed by atoms with Crippen LogP contribution in [0.2, 0.25) is 0 Å². The van der Waals surface area contributed by atoms with E-state index in [1.165, 1.54) is 18.9 Å². The molecule has 0 saturated heterocycles. The van der Waals surface area contributed by atoms with Crippen LogP contribution in [0.25, 0.3) is 11.1 Å². The first-order valence-corrected chi connectivity index (χ1v) is 9.54. The summed E-state index contributed by atoms with van der Waals surface area (Å²) in [6.07, 6.45) is 0.806. The average molecular weight is 383 g/mol. The molecule has 0 atom stereocenters. The molecule has 1 aromatic heterocycles. The fourth-order valence-electron chi connectivity index (χ4n) is 3.16. The van der Waals surface area contributed by atoms with Gasteiger partial charge >= 0.3 is 5.97 Å². The van der Waals surface area contributed by atoms with E-state index in [0.717, 1.165) is 47.6 Å². The molecule has 0 bridgehead atoms. The summed E-state index contributed by atoms with van der Waals surface area (Å²) in [6, 6.07) is 10.0. The molecule has 0 unspecified atom stereocenters. The Bertz CT molecular complexity index is 908. The predicted octanol–water partition coefficient (Wildman–Crippen LogP) is 2.88. The summed E-state index contributed by atoms with van der Waals surface area (Å²) in [5, 5.41) is 10.5. The van der Waals surface area contributed by atoms with Gasteiger partial charge in [0.05, 0.1) is 25.5 Å². The molecule has 0 saturated carbocycles. The third-order valence-corrected chi connectivity index (χ3v) is 5.48. The Morgan fingerprint density at radius 1 is 1.41 bits per heavy atom. The van der Waals surface area contributed by atoms with Gasteiger partial charge in [0.1, 0.15) is 16.8 Å². The monoisotopic (exact) mass is 383 g/mol. The van der Waals surface area contributed by atoms with E-state index in [0.29, 0.717) is 10.6 Å². The topological polar surface area (TPSA) is 75.5 Å². The van der Waals surface area contributed by atoms with Gasteiger partial charge in [-0.1, -0.05) is 23.9 Å². The maximum absolute atomic E-state index is 11.6.